The Balaban J connectivity index is 2.23. The van der Waals surface area contributed by atoms with Crippen molar-refractivity contribution in [3.8, 4) is 0 Å². The van der Waals surface area contributed by atoms with Crippen molar-refractivity contribution in [3.05, 3.63) is 29.3 Å². The van der Waals surface area contributed by atoms with Gasteiger partial charge in [0.15, 0.2) is 0 Å². The summed E-state index contributed by atoms with van der Waals surface area (Å²) in [6, 6.07) is 5.15. The second-order valence-electron chi connectivity index (χ2n) is 5.80. The molecule has 1 N–H and O–H groups in total. The van der Waals surface area contributed by atoms with Gasteiger partial charge in [0.1, 0.15) is 0 Å². The van der Waals surface area contributed by atoms with Gasteiger partial charge in [-0.15, -0.1) is 0 Å². The number of rotatable bonds is 7. The molecule has 0 bridgehead atoms. The summed E-state index contributed by atoms with van der Waals surface area (Å²) in [4.78, 5) is 14.2. The van der Waals surface area contributed by atoms with E-state index in [2.05, 4.69) is 6.92 Å². The normalized spacial score (nSPS) is 14.0. The fourth-order valence-electron chi connectivity index (χ4n) is 2.82. The molecule has 0 spiro atoms. The van der Waals surface area contributed by atoms with Crippen LogP contribution in [0.1, 0.15) is 35.7 Å². The average molecular weight is 340 g/mol. The molecular weight excluding hydrogens is 316 g/mol. The number of fused-ring (bicyclic) bond motifs is 1. The summed E-state index contributed by atoms with van der Waals surface area (Å²) >= 11 is 0. The van der Waals surface area contributed by atoms with Gasteiger partial charge in [-0.1, -0.05) is 13.3 Å². The highest BCUT2D eigenvalue weighted by molar-refractivity contribution is 7.92. The minimum absolute atomic E-state index is 0.0672. The molecule has 1 aromatic rings. The van der Waals surface area contributed by atoms with E-state index in [-0.39, 0.29) is 12.5 Å². The van der Waals surface area contributed by atoms with E-state index in [4.69, 9.17) is 5.11 Å². The Morgan fingerprint density at radius 3 is 2.70 bits per heavy atom. The molecule has 1 heterocycles. The van der Waals surface area contributed by atoms with Crippen molar-refractivity contribution in [1.82, 2.24) is 4.90 Å². The van der Waals surface area contributed by atoms with Gasteiger partial charge < -0.3 is 10.0 Å². The summed E-state index contributed by atoms with van der Waals surface area (Å²) in [7, 11) is -3.28. The predicted molar refractivity (Wildman–Crippen MR) is 90.2 cm³/mol. The number of unbranched alkanes of at least 4 members (excludes halogenated alkanes) is 1. The Morgan fingerprint density at radius 1 is 1.35 bits per heavy atom. The zero-order valence-corrected chi connectivity index (χ0v) is 14.5. The molecule has 6 nitrogen and oxygen atoms in total. The van der Waals surface area contributed by atoms with Crippen LogP contribution in [0.15, 0.2) is 18.2 Å². The third kappa shape index (κ3) is 4.03. The number of aliphatic hydroxyl groups is 1. The molecule has 0 radical (unpaired) electrons. The molecule has 7 heteroatoms. The number of sulfonamides is 1. The standard InChI is InChI=1S/C16H24N2O4S/c1-3-4-8-17(10-11-19)16(20)14-5-6-15-13(12-14)7-9-18(15)23(2,21)22/h5-6,12,19H,3-4,7-11H2,1-2H3. The molecule has 0 aromatic heterocycles. The van der Waals surface area contributed by atoms with E-state index in [0.29, 0.717) is 37.3 Å². The first kappa shape index (κ1) is 17.7. The SMILES string of the molecule is CCCCN(CCO)C(=O)c1ccc2c(c1)CCN2S(C)(=O)=O. The van der Waals surface area contributed by atoms with Crippen LogP contribution in [0.25, 0.3) is 0 Å². The molecule has 0 saturated heterocycles. The Kier molecular flexibility index (Phi) is 5.64. The summed E-state index contributed by atoms with van der Waals surface area (Å²) in [5, 5.41) is 9.14. The van der Waals surface area contributed by atoms with E-state index in [1.807, 2.05) is 0 Å². The summed E-state index contributed by atoms with van der Waals surface area (Å²) in [5.74, 6) is -0.117. The van der Waals surface area contributed by atoms with Gasteiger partial charge >= 0.3 is 0 Å². The molecule has 0 atom stereocenters. The highest BCUT2D eigenvalue weighted by Gasteiger charge is 2.27. The number of hydrogen-bond acceptors (Lipinski definition) is 4. The van der Waals surface area contributed by atoms with Gasteiger partial charge in [0.2, 0.25) is 10.0 Å². The molecule has 128 valence electrons. The third-order valence-corrected chi connectivity index (χ3v) is 5.20. The lowest BCUT2D eigenvalue weighted by atomic mass is 10.1. The summed E-state index contributed by atoms with van der Waals surface area (Å²) in [6.45, 7) is 3.33. The van der Waals surface area contributed by atoms with Gasteiger partial charge in [0.25, 0.3) is 5.91 Å². The second kappa shape index (κ2) is 7.31. The van der Waals surface area contributed by atoms with Crippen molar-refractivity contribution < 1.29 is 18.3 Å². The van der Waals surface area contributed by atoms with Crippen molar-refractivity contribution in [3.63, 3.8) is 0 Å². The molecule has 0 unspecified atom stereocenters. The fraction of sp³-hybridized carbons (Fsp3) is 0.562. The Hall–Kier alpha value is -1.60. The number of carbonyl (C=O) groups is 1. The number of benzene rings is 1. The number of nitrogens with zero attached hydrogens (tertiary/aromatic N) is 2. The van der Waals surface area contributed by atoms with Gasteiger partial charge in [-0.2, -0.15) is 0 Å². The van der Waals surface area contributed by atoms with Crippen LogP contribution < -0.4 is 4.31 Å². The summed E-state index contributed by atoms with van der Waals surface area (Å²) in [5.41, 5.74) is 2.08. The highest BCUT2D eigenvalue weighted by Crippen LogP contribution is 2.31. The maximum Gasteiger partial charge on any atom is 0.253 e. The van der Waals surface area contributed by atoms with Crippen LogP contribution in [0.3, 0.4) is 0 Å². The lowest BCUT2D eigenvalue weighted by Crippen LogP contribution is -2.34. The van der Waals surface area contributed by atoms with E-state index in [0.717, 1.165) is 18.4 Å². The summed E-state index contributed by atoms with van der Waals surface area (Å²) < 4.78 is 24.9. The van der Waals surface area contributed by atoms with E-state index >= 15 is 0 Å². The van der Waals surface area contributed by atoms with Crippen LogP contribution in [0.4, 0.5) is 5.69 Å². The number of anilines is 1. The van der Waals surface area contributed by atoms with Crippen molar-refractivity contribution in [1.29, 1.82) is 0 Å². The fourth-order valence-corrected chi connectivity index (χ4v) is 3.77. The quantitative estimate of drug-likeness (QED) is 0.810. The van der Waals surface area contributed by atoms with Crippen LogP contribution in [0.2, 0.25) is 0 Å². The van der Waals surface area contributed by atoms with Crippen LogP contribution in [0.5, 0.6) is 0 Å². The maximum atomic E-state index is 12.6. The minimum atomic E-state index is -3.28. The van der Waals surface area contributed by atoms with Crippen molar-refractivity contribution in [2.75, 3.05) is 36.8 Å². The average Bonchev–Trinajstić information content (AvgIpc) is 2.93. The lowest BCUT2D eigenvalue weighted by molar-refractivity contribution is 0.0719. The zero-order valence-electron chi connectivity index (χ0n) is 13.7. The van der Waals surface area contributed by atoms with Gasteiger partial charge in [-0.25, -0.2) is 8.42 Å². The predicted octanol–water partition coefficient (Wildman–Crippen LogP) is 1.24. The Morgan fingerprint density at radius 2 is 2.09 bits per heavy atom. The first-order valence-electron chi connectivity index (χ1n) is 7.89. The Labute approximate surface area is 137 Å². The second-order valence-corrected chi connectivity index (χ2v) is 7.70. The maximum absolute atomic E-state index is 12.6. The largest absolute Gasteiger partial charge is 0.395 e. The van der Waals surface area contributed by atoms with Crippen LogP contribution in [0, 0.1) is 0 Å². The number of hydrogen-bond donors (Lipinski definition) is 1. The minimum Gasteiger partial charge on any atom is -0.395 e. The highest BCUT2D eigenvalue weighted by atomic mass is 32.2. The van der Waals surface area contributed by atoms with Crippen LogP contribution in [-0.4, -0.2) is 56.8 Å². The third-order valence-electron chi connectivity index (χ3n) is 4.02. The molecule has 1 aliphatic heterocycles. The molecule has 1 aliphatic rings. The number of amides is 1. The first-order valence-corrected chi connectivity index (χ1v) is 9.74. The van der Waals surface area contributed by atoms with E-state index in [1.54, 1.807) is 23.1 Å². The van der Waals surface area contributed by atoms with Crippen LogP contribution in [-0.2, 0) is 16.4 Å². The van der Waals surface area contributed by atoms with Crippen molar-refractivity contribution >= 4 is 21.6 Å². The van der Waals surface area contributed by atoms with Gasteiger partial charge in [0.05, 0.1) is 18.6 Å². The number of carbonyl (C=O) groups excluding carboxylic acids is 1. The van der Waals surface area contributed by atoms with Crippen LogP contribution >= 0.6 is 0 Å². The first-order chi connectivity index (χ1) is 10.9. The smallest absolute Gasteiger partial charge is 0.253 e. The van der Waals surface area contributed by atoms with Crippen molar-refractivity contribution in [2.45, 2.75) is 26.2 Å². The van der Waals surface area contributed by atoms with Gasteiger partial charge in [0, 0.05) is 25.2 Å². The van der Waals surface area contributed by atoms with Crippen molar-refractivity contribution in [2.24, 2.45) is 0 Å². The number of aliphatic hydroxyl groups excluding tert-OH is 1. The van der Waals surface area contributed by atoms with E-state index in [9.17, 15) is 13.2 Å². The molecule has 1 amide bonds. The summed E-state index contributed by atoms with van der Waals surface area (Å²) in [6.07, 6.45) is 3.66. The molecule has 0 aliphatic carbocycles. The molecule has 23 heavy (non-hydrogen) atoms. The topological polar surface area (TPSA) is 77.9 Å². The van der Waals surface area contributed by atoms with E-state index < -0.39 is 10.0 Å². The van der Waals surface area contributed by atoms with E-state index in [1.165, 1.54) is 10.6 Å². The molecule has 0 saturated carbocycles. The molecular formula is C16H24N2O4S. The lowest BCUT2D eigenvalue weighted by Gasteiger charge is -2.22. The van der Waals surface area contributed by atoms with Gasteiger partial charge in [-0.3, -0.25) is 9.10 Å². The zero-order chi connectivity index (χ0) is 17.0. The monoisotopic (exact) mass is 340 g/mol. The molecule has 1 aromatic carbocycles. The Bertz CT molecular complexity index is 673. The van der Waals surface area contributed by atoms with Gasteiger partial charge in [-0.05, 0) is 36.6 Å². The molecule has 0 fully saturated rings. The molecule has 2 rings (SSSR count).